The van der Waals surface area contributed by atoms with Crippen LogP contribution in [0.1, 0.15) is 6.42 Å². The molecule has 12 heteroatoms. The summed E-state index contributed by atoms with van der Waals surface area (Å²) in [5, 5.41) is 22.5. The maximum Gasteiger partial charge on any atom is 0.384 e. The van der Waals surface area contributed by atoms with Gasteiger partial charge < -0.3 is 42.7 Å². The predicted octanol–water partition coefficient (Wildman–Crippen LogP) is -5.49. The first kappa shape index (κ1) is 56.7. The molecule has 0 saturated carbocycles. The minimum atomic E-state index is -1.54. The largest absolute Gasteiger partial charge is 0.481 e. The summed E-state index contributed by atoms with van der Waals surface area (Å²) in [4.78, 5) is 19.5. The van der Waals surface area contributed by atoms with Gasteiger partial charge in [-0.25, -0.2) is 4.79 Å². The van der Waals surface area contributed by atoms with Crippen LogP contribution < -0.4 is 0 Å². The van der Waals surface area contributed by atoms with Gasteiger partial charge in [-0.3, -0.25) is 4.79 Å². The molecule has 0 aliphatic carbocycles. The van der Waals surface area contributed by atoms with Crippen molar-refractivity contribution in [2.24, 2.45) is 0 Å². The Balaban J connectivity index is -0.0000000152. The molecule has 0 aromatic carbocycles. The molecular weight excluding hydrogens is 310 g/mol. The summed E-state index contributed by atoms with van der Waals surface area (Å²) in [5.41, 5.74) is 0. The van der Waals surface area contributed by atoms with Crippen molar-refractivity contribution < 1.29 is 89.4 Å². The second-order valence-electron chi connectivity index (χ2n) is 1.49. The third-order valence-electron chi connectivity index (χ3n) is 0.677. The topological polar surface area (TPSA) is 255 Å². The van der Waals surface area contributed by atoms with Crippen LogP contribution in [0.4, 0.5) is 0 Å². The van der Waals surface area contributed by atoms with E-state index in [4.69, 9.17) is 15.3 Å². The van der Waals surface area contributed by atoms with Gasteiger partial charge in [-0.2, -0.15) is 0 Å². The molecule has 0 aromatic rings. The van der Waals surface area contributed by atoms with Gasteiger partial charge in [0.25, 0.3) is 6.10 Å². The molecule has 1 atom stereocenters. The minimum absolute atomic E-state index is 0. The van der Waals surface area contributed by atoms with Crippen molar-refractivity contribution in [1.29, 1.82) is 0 Å². The summed E-state index contributed by atoms with van der Waals surface area (Å²) in [5.74, 6) is -2.67. The number of carbonyl (C=O) groups is 2. The zero-order valence-corrected chi connectivity index (χ0v) is 10.7. The smallest absolute Gasteiger partial charge is 0.384 e. The van der Waals surface area contributed by atoms with Gasteiger partial charge in [0, 0.05) is 37.1 Å². The maximum atomic E-state index is 9.78. The van der Waals surface area contributed by atoms with Gasteiger partial charge in [-0.1, -0.05) is 0 Å². The molecule has 0 rings (SSSR count). The molecule has 0 heterocycles. The van der Waals surface area contributed by atoms with Crippen LogP contribution >= 0.6 is 0 Å². The molecule has 16 heavy (non-hydrogen) atoms. The third kappa shape index (κ3) is 37.1. The van der Waals surface area contributed by atoms with Crippen molar-refractivity contribution >= 4 is 11.9 Å². The van der Waals surface area contributed by atoms with E-state index >= 15 is 0 Å². The fourth-order valence-electron chi connectivity index (χ4n) is 0.262. The minimum Gasteiger partial charge on any atom is -0.481 e. The van der Waals surface area contributed by atoms with Crippen LogP contribution in [0.15, 0.2) is 0 Å². The van der Waals surface area contributed by atoms with Gasteiger partial charge >= 0.3 is 11.9 Å². The van der Waals surface area contributed by atoms with E-state index in [2.05, 4.69) is 0 Å². The Bertz CT molecular complexity index is 141. The molecular formula is C4H17O10V2+. The van der Waals surface area contributed by atoms with Crippen molar-refractivity contribution in [3.8, 4) is 0 Å². The molecule has 0 bridgehead atoms. The van der Waals surface area contributed by atoms with E-state index in [9.17, 15) is 9.59 Å². The molecule has 0 saturated heterocycles. The summed E-state index contributed by atoms with van der Waals surface area (Å²) < 4.78 is 0. The first-order valence-electron chi connectivity index (χ1n) is 2.19. The SMILES string of the molecule is O.O.O.O.O.O=C(O)C[C@H]([OH2+])C(=O)O.[V].[V]. The Morgan fingerprint density at radius 1 is 0.938 bits per heavy atom. The number of hydrogen-bond acceptors (Lipinski definition) is 2. The Morgan fingerprint density at radius 2 is 1.19 bits per heavy atom. The van der Waals surface area contributed by atoms with Crippen LogP contribution in [0.2, 0.25) is 0 Å². The van der Waals surface area contributed by atoms with Crippen LogP contribution in [0, 0.1) is 0 Å². The van der Waals surface area contributed by atoms with Crippen LogP contribution in [-0.2, 0) is 46.7 Å². The van der Waals surface area contributed by atoms with E-state index in [0.717, 1.165) is 0 Å². The van der Waals surface area contributed by atoms with Crippen LogP contribution in [0.3, 0.4) is 0 Å². The average molecular weight is 327 g/mol. The number of carboxylic acids is 2. The predicted molar refractivity (Wildman–Crippen MR) is 45.4 cm³/mol. The first-order chi connectivity index (χ1) is 4.04. The number of hydrogen-bond donors (Lipinski definition) is 2. The normalized spacial score (nSPS) is 7.06. The summed E-state index contributed by atoms with van der Waals surface area (Å²) in [6, 6.07) is 0. The van der Waals surface area contributed by atoms with E-state index in [-0.39, 0.29) is 64.5 Å². The standard InChI is InChI=1S/C4H6O5.5H2O.2V/c5-2(4(8)9)1-3(6)7;;;;;;;/h2,5H,1H2,(H,6,7)(H,8,9);5*1H2;;/p+1/t2-;;;;;;;/m0......./s1. The zero-order valence-electron chi connectivity index (χ0n) is 7.89. The zero-order chi connectivity index (χ0) is 7.44. The molecule has 14 N–H and O–H groups in total. The number of aliphatic carboxylic acids is 2. The monoisotopic (exact) mass is 327 g/mol. The Kier molecular flexibility index (Phi) is 104. The Morgan fingerprint density at radius 3 is 1.25 bits per heavy atom. The molecule has 0 aliphatic rings. The van der Waals surface area contributed by atoms with Crippen molar-refractivity contribution in [3.63, 3.8) is 0 Å². The summed E-state index contributed by atoms with van der Waals surface area (Å²) >= 11 is 0. The molecule has 0 aromatic heterocycles. The van der Waals surface area contributed by atoms with E-state index < -0.39 is 24.5 Å². The van der Waals surface area contributed by atoms with Crippen LogP contribution in [-0.4, -0.2) is 60.7 Å². The Labute approximate surface area is 114 Å². The fourth-order valence-corrected chi connectivity index (χ4v) is 0.262. The third-order valence-corrected chi connectivity index (χ3v) is 0.677. The second-order valence-corrected chi connectivity index (χ2v) is 1.49. The van der Waals surface area contributed by atoms with Crippen molar-refractivity contribution in [1.82, 2.24) is 0 Å². The van der Waals surface area contributed by atoms with Gasteiger partial charge in [0.15, 0.2) is 0 Å². The maximum absolute atomic E-state index is 9.78. The van der Waals surface area contributed by atoms with Crippen LogP contribution in [0.5, 0.6) is 0 Å². The molecule has 2 radical (unpaired) electrons. The molecule has 102 valence electrons. The molecule has 10 nitrogen and oxygen atoms in total. The summed E-state index contributed by atoms with van der Waals surface area (Å²) in [7, 11) is 0. The van der Waals surface area contributed by atoms with Gasteiger partial charge in [-0.05, 0) is 0 Å². The van der Waals surface area contributed by atoms with E-state index in [0.29, 0.717) is 0 Å². The van der Waals surface area contributed by atoms with E-state index in [1.807, 2.05) is 0 Å². The fraction of sp³-hybridized carbons (Fsp3) is 0.500. The van der Waals surface area contributed by atoms with Crippen molar-refractivity contribution in [3.05, 3.63) is 0 Å². The van der Waals surface area contributed by atoms with Gasteiger partial charge in [0.05, 0.1) is 0 Å². The summed E-state index contributed by atoms with van der Waals surface area (Å²) in [6.07, 6.45) is -2.18. The average Bonchev–Trinajstić information content (AvgIpc) is 1.63. The quantitative estimate of drug-likeness (QED) is 0.480. The summed E-state index contributed by atoms with van der Waals surface area (Å²) in [6.45, 7) is 0. The van der Waals surface area contributed by atoms with Gasteiger partial charge in [0.1, 0.15) is 6.42 Å². The molecule has 0 unspecified atom stereocenters. The molecule has 0 spiro atoms. The van der Waals surface area contributed by atoms with Gasteiger partial charge in [0.2, 0.25) is 0 Å². The van der Waals surface area contributed by atoms with E-state index in [1.54, 1.807) is 0 Å². The Hall–Kier alpha value is -0.131. The first-order valence-corrected chi connectivity index (χ1v) is 2.19. The molecule has 0 amide bonds. The second kappa shape index (κ2) is 29.4. The number of rotatable bonds is 3. The van der Waals surface area contributed by atoms with E-state index in [1.165, 1.54) is 0 Å². The number of carboxylic acid groups (broad SMARTS) is 2. The van der Waals surface area contributed by atoms with Gasteiger partial charge in [-0.15, -0.1) is 0 Å². The van der Waals surface area contributed by atoms with Crippen molar-refractivity contribution in [2.75, 3.05) is 0 Å². The van der Waals surface area contributed by atoms with Crippen molar-refractivity contribution in [2.45, 2.75) is 12.5 Å². The van der Waals surface area contributed by atoms with Crippen LogP contribution in [0.25, 0.3) is 0 Å². The molecule has 0 fully saturated rings. The molecule has 0 aliphatic heterocycles.